The Morgan fingerprint density at radius 3 is 2.64 bits per heavy atom. The second kappa shape index (κ2) is 5.03. The first-order chi connectivity index (χ1) is 6.63. The molecule has 0 aliphatic carbocycles. The van der Waals surface area contributed by atoms with Crippen LogP contribution in [0.4, 0.5) is 0 Å². The highest BCUT2D eigenvalue weighted by Crippen LogP contribution is 2.09. The maximum absolute atomic E-state index is 9.41. The van der Waals surface area contributed by atoms with E-state index in [0.29, 0.717) is 5.46 Å². The number of ether oxygens (including phenoxy) is 1. The van der Waals surface area contributed by atoms with Crippen LogP contribution in [0.5, 0.6) is 5.75 Å². The van der Waals surface area contributed by atoms with E-state index in [-0.39, 0.29) is 6.10 Å². The summed E-state index contributed by atoms with van der Waals surface area (Å²) in [6.45, 7) is 3.92. The molecule has 4 heteroatoms. The summed E-state index contributed by atoms with van der Waals surface area (Å²) >= 11 is 0. The van der Waals surface area contributed by atoms with E-state index in [1.807, 2.05) is 26.0 Å². The number of hydrogen-bond acceptors (Lipinski definition) is 3. The van der Waals surface area contributed by atoms with E-state index >= 15 is 0 Å². The van der Waals surface area contributed by atoms with Gasteiger partial charge in [-0.3, -0.25) is 0 Å². The highest BCUT2D eigenvalue weighted by Gasteiger charge is 2.14. The molecule has 0 saturated heterocycles. The van der Waals surface area contributed by atoms with Crippen LogP contribution in [-0.4, -0.2) is 25.4 Å². The van der Waals surface area contributed by atoms with E-state index in [4.69, 9.17) is 9.39 Å². The van der Waals surface area contributed by atoms with Crippen molar-refractivity contribution in [3.05, 3.63) is 24.3 Å². The van der Waals surface area contributed by atoms with Gasteiger partial charge in [0.05, 0.1) is 6.10 Å². The van der Waals surface area contributed by atoms with Gasteiger partial charge in [-0.25, -0.2) is 0 Å². The second-order valence-electron chi connectivity index (χ2n) is 3.33. The Hall–Kier alpha value is -0.995. The van der Waals surface area contributed by atoms with Gasteiger partial charge in [0.15, 0.2) is 0 Å². The molecule has 76 valence electrons. The van der Waals surface area contributed by atoms with Crippen molar-refractivity contribution in [2.75, 3.05) is 7.11 Å². The lowest BCUT2D eigenvalue weighted by molar-refractivity contribution is 0.242. The second-order valence-corrected chi connectivity index (χ2v) is 3.33. The van der Waals surface area contributed by atoms with Gasteiger partial charge in [-0.15, -0.1) is 0 Å². The van der Waals surface area contributed by atoms with Crippen LogP contribution < -0.4 is 10.2 Å². The van der Waals surface area contributed by atoms with Crippen LogP contribution in [0, 0.1) is 0 Å². The molecule has 0 radical (unpaired) electrons. The third kappa shape index (κ3) is 3.05. The fourth-order valence-electron chi connectivity index (χ4n) is 1.15. The third-order valence-corrected chi connectivity index (χ3v) is 1.74. The van der Waals surface area contributed by atoms with Gasteiger partial charge < -0.3 is 14.4 Å². The summed E-state index contributed by atoms with van der Waals surface area (Å²) < 4.78 is 10.3. The fourth-order valence-corrected chi connectivity index (χ4v) is 1.15. The van der Waals surface area contributed by atoms with E-state index < -0.39 is 7.12 Å². The van der Waals surface area contributed by atoms with Gasteiger partial charge in [0.2, 0.25) is 0 Å². The normalized spacial score (nSPS) is 10.4. The van der Waals surface area contributed by atoms with E-state index in [9.17, 15) is 5.02 Å². The van der Waals surface area contributed by atoms with Crippen molar-refractivity contribution in [3.63, 3.8) is 0 Å². The molecule has 0 saturated carbocycles. The molecule has 0 aromatic heterocycles. The summed E-state index contributed by atoms with van der Waals surface area (Å²) in [6, 6.07) is 7.25. The standard InChI is InChI=1S/C10H15BO3/c1-8(2)14-10-6-4-5-9(7-10)11(12)13-3/h4-8,12H,1-3H3. The van der Waals surface area contributed by atoms with Gasteiger partial charge in [-0.2, -0.15) is 0 Å². The molecule has 1 N–H and O–H groups in total. The summed E-state index contributed by atoms with van der Waals surface area (Å²) in [4.78, 5) is 0. The lowest BCUT2D eigenvalue weighted by Crippen LogP contribution is -2.32. The van der Waals surface area contributed by atoms with Gasteiger partial charge >= 0.3 is 7.12 Å². The average molecular weight is 194 g/mol. The summed E-state index contributed by atoms with van der Waals surface area (Å²) in [7, 11) is 0.575. The third-order valence-electron chi connectivity index (χ3n) is 1.74. The predicted octanol–water partition coefficient (Wildman–Crippen LogP) is 0.808. The monoisotopic (exact) mass is 194 g/mol. The zero-order valence-corrected chi connectivity index (χ0v) is 8.73. The zero-order chi connectivity index (χ0) is 10.6. The van der Waals surface area contributed by atoms with Crippen molar-refractivity contribution in [1.82, 2.24) is 0 Å². The Labute approximate surface area is 84.8 Å². The van der Waals surface area contributed by atoms with E-state index in [1.165, 1.54) is 7.11 Å². The molecule has 14 heavy (non-hydrogen) atoms. The van der Waals surface area contributed by atoms with Gasteiger partial charge in [0, 0.05) is 7.11 Å². The number of hydrogen-bond donors (Lipinski definition) is 1. The molecule has 0 bridgehead atoms. The smallest absolute Gasteiger partial charge is 0.491 e. The van der Waals surface area contributed by atoms with E-state index in [1.54, 1.807) is 12.1 Å². The molecule has 0 fully saturated rings. The molecule has 0 aliphatic rings. The SMILES string of the molecule is COB(O)c1cccc(OC(C)C)c1. The fraction of sp³-hybridized carbons (Fsp3) is 0.400. The number of rotatable bonds is 4. The lowest BCUT2D eigenvalue weighted by atomic mass is 9.80. The molecular weight excluding hydrogens is 179 g/mol. The Balaban J connectivity index is 2.78. The molecule has 0 amide bonds. The molecule has 0 spiro atoms. The molecule has 3 nitrogen and oxygen atoms in total. The van der Waals surface area contributed by atoms with Crippen LogP contribution >= 0.6 is 0 Å². The quantitative estimate of drug-likeness (QED) is 0.720. The minimum absolute atomic E-state index is 0.130. The Morgan fingerprint density at radius 1 is 1.36 bits per heavy atom. The van der Waals surface area contributed by atoms with Crippen molar-refractivity contribution in [2.24, 2.45) is 0 Å². The average Bonchev–Trinajstić information content (AvgIpc) is 2.16. The minimum atomic E-state index is -0.884. The highest BCUT2D eigenvalue weighted by atomic mass is 16.5. The van der Waals surface area contributed by atoms with Crippen molar-refractivity contribution in [3.8, 4) is 5.75 Å². The maximum Gasteiger partial charge on any atom is 0.491 e. The van der Waals surface area contributed by atoms with Crippen LogP contribution in [0.2, 0.25) is 0 Å². The summed E-state index contributed by atoms with van der Waals surface area (Å²) in [6.07, 6.45) is 0.130. The van der Waals surface area contributed by atoms with Crippen molar-refractivity contribution in [2.45, 2.75) is 20.0 Å². The van der Waals surface area contributed by atoms with Crippen LogP contribution in [0.1, 0.15) is 13.8 Å². The van der Waals surface area contributed by atoms with E-state index in [2.05, 4.69) is 0 Å². The molecule has 0 heterocycles. The molecule has 0 atom stereocenters. The van der Waals surface area contributed by atoms with Gasteiger partial charge in [0.25, 0.3) is 0 Å². The van der Waals surface area contributed by atoms with Gasteiger partial charge in [-0.05, 0) is 31.4 Å². The van der Waals surface area contributed by atoms with Crippen LogP contribution in [0.3, 0.4) is 0 Å². The van der Waals surface area contributed by atoms with E-state index in [0.717, 1.165) is 5.75 Å². The largest absolute Gasteiger partial charge is 0.491 e. The molecule has 1 aromatic carbocycles. The summed E-state index contributed by atoms with van der Waals surface area (Å²) in [5, 5.41) is 9.41. The van der Waals surface area contributed by atoms with Crippen molar-refractivity contribution < 1.29 is 14.4 Å². The Kier molecular flexibility index (Phi) is 3.98. The molecule has 0 unspecified atom stereocenters. The molecule has 0 aliphatic heterocycles. The zero-order valence-electron chi connectivity index (χ0n) is 8.73. The maximum atomic E-state index is 9.41. The number of benzene rings is 1. The topological polar surface area (TPSA) is 38.7 Å². The minimum Gasteiger partial charge on any atom is -0.491 e. The van der Waals surface area contributed by atoms with Crippen LogP contribution in [0.25, 0.3) is 0 Å². The van der Waals surface area contributed by atoms with Crippen LogP contribution in [0.15, 0.2) is 24.3 Å². The highest BCUT2D eigenvalue weighted by molar-refractivity contribution is 6.59. The first kappa shape index (κ1) is 11.1. The van der Waals surface area contributed by atoms with Gasteiger partial charge in [-0.1, -0.05) is 12.1 Å². The van der Waals surface area contributed by atoms with Crippen molar-refractivity contribution >= 4 is 12.6 Å². The first-order valence-electron chi connectivity index (χ1n) is 4.61. The first-order valence-corrected chi connectivity index (χ1v) is 4.61. The summed E-state index contributed by atoms with van der Waals surface area (Å²) in [5.41, 5.74) is 0.700. The van der Waals surface area contributed by atoms with Gasteiger partial charge in [0.1, 0.15) is 5.75 Å². The summed E-state index contributed by atoms with van der Waals surface area (Å²) in [5.74, 6) is 0.744. The Bertz CT molecular complexity index is 288. The lowest BCUT2D eigenvalue weighted by Gasteiger charge is -2.11. The van der Waals surface area contributed by atoms with Crippen molar-refractivity contribution in [1.29, 1.82) is 0 Å². The molecule has 1 rings (SSSR count). The predicted molar refractivity (Wildman–Crippen MR) is 56.8 cm³/mol. The Morgan fingerprint density at radius 2 is 2.07 bits per heavy atom. The molecular formula is C10H15BO3. The van der Waals surface area contributed by atoms with Crippen LogP contribution in [-0.2, 0) is 4.65 Å². The molecule has 1 aromatic rings.